The first-order chi connectivity index (χ1) is 15.7. The van der Waals surface area contributed by atoms with Crippen LogP contribution in [0.4, 0.5) is 4.39 Å². The fourth-order valence-electron chi connectivity index (χ4n) is 4.39. The summed E-state index contributed by atoms with van der Waals surface area (Å²) in [6.07, 6.45) is 2.30. The second kappa shape index (κ2) is 9.70. The minimum Gasteiger partial charge on any atom is -0.487 e. The van der Waals surface area contributed by atoms with Crippen molar-refractivity contribution in [2.75, 3.05) is 33.3 Å². The lowest BCUT2D eigenvalue weighted by Crippen LogP contribution is -2.49. The van der Waals surface area contributed by atoms with Crippen molar-refractivity contribution >= 4 is 10.0 Å². The van der Waals surface area contributed by atoms with E-state index >= 15 is 0 Å². The molecule has 8 heteroatoms. The highest BCUT2D eigenvalue weighted by atomic mass is 32.2. The molecule has 0 bridgehead atoms. The summed E-state index contributed by atoms with van der Waals surface area (Å²) in [5.41, 5.74) is 1.53. The van der Waals surface area contributed by atoms with Crippen LogP contribution in [0, 0.1) is 17.7 Å². The average Bonchev–Trinajstić information content (AvgIpc) is 3.59. The number of hydrogen-bond donors (Lipinski definition) is 1. The first-order valence-corrected chi connectivity index (χ1v) is 13.0. The van der Waals surface area contributed by atoms with Crippen molar-refractivity contribution in [3.63, 3.8) is 0 Å². The van der Waals surface area contributed by atoms with Gasteiger partial charge in [-0.3, -0.25) is 0 Å². The van der Waals surface area contributed by atoms with Crippen LogP contribution in [0.1, 0.15) is 26.7 Å². The number of likely N-dealkylation sites (N-methyl/N-ethyl adjacent to an activating group) is 1. The topological polar surface area (TPSA) is 70.1 Å². The predicted molar refractivity (Wildman–Crippen MR) is 126 cm³/mol. The van der Waals surface area contributed by atoms with Crippen molar-refractivity contribution in [1.82, 2.24) is 9.21 Å². The quantitative estimate of drug-likeness (QED) is 0.661. The number of rotatable bonds is 7. The summed E-state index contributed by atoms with van der Waals surface area (Å²) >= 11 is 0. The lowest BCUT2D eigenvalue weighted by molar-refractivity contribution is 0.0741. The molecule has 1 N–H and O–H groups in total. The van der Waals surface area contributed by atoms with Gasteiger partial charge < -0.3 is 14.7 Å². The average molecular weight is 477 g/mol. The van der Waals surface area contributed by atoms with Gasteiger partial charge in [0.1, 0.15) is 22.6 Å². The zero-order valence-electron chi connectivity index (χ0n) is 19.4. The Kier molecular flexibility index (Phi) is 7.09. The molecule has 1 heterocycles. The van der Waals surface area contributed by atoms with Gasteiger partial charge in [-0.15, -0.1) is 0 Å². The summed E-state index contributed by atoms with van der Waals surface area (Å²) in [6, 6.07) is 10.5. The van der Waals surface area contributed by atoms with Crippen molar-refractivity contribution in [3.05, 3.63) is 48.3 Å². The molecule has 2 aliphatic rings. The zero-order chi connectivity index (χ0) is 23.8. The molecule has 1 aliphatic carbocycles. The van der Waals surface area contributed by atoms with Crippen LogP contribution in [0.15, 0.2) is 47.4 Å². The predicted octanol–water partition coefficient (Wildman–Crippen LogP) is 3.60. The first-order valence-electron chi connectivity index (χ1n) is 11.6. The molecule has 33 heavy (non-hydrogen) atoms. The summed E-state index contributed by atoms with van der Waals surface area (Å²) in [7, 11) is -1.80. The molecule has 0 aromatic heterocycles. The van der Waals surface area contributed by atoms with Gasteiger partial charge >= 0.3 is 0 Å². The minimum atomic E-state index is -3.88. The van der Waals surface area contributed by atoms with Crippen LogP contribution in [0.2, 0.25) is 0 Å². The monoisotopic (exact) mass is 476 g/mol. The van der Waals surface area contributed by atoms with E-state index in [0.717, 1.165) is 23.6 Å². The van der Waals surface area contributed by atoms with Crippen LogP contribution in [0.25, 0.3) is 11.1 Å². The lowest BCUT2D eigenvalue weighted by Gasteiger charge is -2.37. The van der Waals surface area contributed by atoms with Crippen molar-refractivity contribution in [1.29, 1.82) is 0 Å². The molecule has 3 atom stereocenters. The van der Waals surface area contributed by atoms with E-state index in [1.807, 2.05) is 6.92 Å². The van der Waals surface area contributed by atoms with E-state index in [1.165, 1.54) is 29.3 Å². The number of sulfonamides is 1. The second-order valence-corrected chi connectivity index (χ2v) is 11.4. The SMILES string of the molecule is C[C@@H]1CN([C@@H](C)CO)S(=O)(=O)c2ccc(-c3ccc(F)cc3)cc2O[C@H]1CN(C)CC1CC1. The fraction of sp³-hybridized carbons (Fsp3) is 0.520. The Morgan fingerprint density at radius 1 is 1.15 bits per heavy atom. The zero-order valence-corrected chi connectivity index (χ0v) is 20.3. The normalized spacial score (nSPS) is 23.9. The Balaban J connectivity index is 1.74. The van der Waals surface area contributed by atoms with E-state index in [4.69, 9.17) is 4.74 Å². The molecule has 4 rings (SSSR count). The maximum Gasteiger partial charge on any atom is 0.247 e. The summed E-state index contributed by atoms with van der Waals surface area (Å²) in [4.78, 5) is 2.36. The number of aliphatic hydroxyl groups excluding tert-OH is 1. The largest absolute Gasteiger partial charge is 0.487 e. The maximum atomic E-state index is 13.6. The van der Waals surface area contributed by atoms with Crippen LogP contribution in [0.5, 0.6) is 5.75 Å². The summed E-state index contributed by atoms with van der Waals surface area (Å²) in [5.74, 6) is 0.619. The van der Waals surface area contributed by atoms with Crippen LogP contribution >= 0.6 is 0 Å². The Hall–Kier alpha value is -2.00. The molecule has 1 fully saturated rings. The minimum absolute atomic E-state index is 0.0851. The van der Waals surface area contributed by atoms with E-state index < -0.39 is 16.1 Å². The van der Waals surface area contributed by atoms with E-state index in [9.17, 15) is 17.9 Å². The molecule has 0 unspecified atom stereocenters. The Morgan fingerprint density at radius 2 is 1.82 bits per heavy atom. The Labute approximate surface area is 196 Å². The molecule has 2 aromatic rings. The van der Waals surface area contributed by atoms with Crippen molar-refractivity contribution in [2.45, 2.75) is 43.7 Å². The molecule has 180 valence electrons. The standard InChI is InChI=1S/C25H33FN2O4S/c1-17-13-28(18(2)16-29)33(30,31)25-11-8-21(20-6-9-22(26)10-7-20)12-23(25)32-24(17)15-27(3)14-19-4-5-19/h6-12,17-19,24,29H,4-5,13-16H2,1-3H3/t17-,18+,24+/m1/s1. The third kappa shape index (κ3) is 5.40. The van der Waals surface area contributed by atoms with E-state index in [2.05, 4.69) is 11.9 Å². The molecule has 2 aromatic carbocycles. The van der Waals surface area contributed by atoms with Crippen LogP contribution in [0.3, 0.4) is 0 Å². The van der Waals surface area contributed by atoms with E-state index in [-0.39, 0.29) is 35.9 Å². The van der Waals surface area contributed by atoms with Crippen molar-refractivity contribution < 1.29 is 22.7 Å². The van der Waals surface area contributed by atoms with Gasteiger partial charge in [-0.2, -0.15) is 4.31 Å². The second-order valence-electron chi connectivity index (χ2n) is 9.57. The maximum absolute atomic E-state index is 13.6. The number of aliphatic hydroxyl groups is 1. The molecule has 0 spiro atoms. The van der Waals surface area contributed by atoms with Crippen molar-refractivity contribution in [2.24, 2.45) is 11.8 Å². The Bertz CT molecular complexity index is 1070. The number of nitrogens with zero attached hydrogens (tertiary/aromatic N) is 2. The number of fused-ring (bicyclic) bond motifs is 1. The number of ether oxygens (including phenoxy) is 1. The van der Waals surface area contributed by atoms with Crippen LogP contribution in [-0.2, 0) is 10.0 Å². The number of hydrogen-bond acceptors (Lipinski definition) is 5. The van der Waals surface area contributed by atoms with Crippen LogP contribution < -0.4 is 4.74 Å². The molecular weight excluding hydrogens is 443 g/mol. The third-order valence-electron chi connectivity index (χ3n) is 6.60. The first kappa shape index (κ1) is 24.1. The smallest absolute Gasteiger partial charge is 0.247 e. The third-order valence-corrected chi connectivity index (χ3v) is 8.62. The van der Waals surface area contributed by atoms with Gasteiger partial charge in [0, 0.05) is 31.6 Å². The van der Waals surface area contributed by atoms with Gasteiger partial charge in [0.15, 0.2) is 0 Å². The Morgan fingerprint density at radius 3 is 2.45 bits per heavy atom. The van der Waals surface area contributed by atoms with Gasteiger partial charge in [-0.25, -0.2) is 12.8 Å². The highest BCUT2D eigenvalue weighted by Crippen LogP contribution is 2.37. The van der Waals surface area contributed by atoms with Gasteiger partial charge in [-0.05, 0) is 68.1 Å². The highest BCUT2D eigenvalue weighted by molar-refractivity contribution is 7.89. The molecule has 6 nitrogen and oxygen atoms in total. The molecular formula is C25H33FN2O4S. The van der Waals surface area contributed by atoms with E-state index in [0.29, 0.717) is 12.3 Å². The molecule has 0 amide bonds. The van der Waals surface area contributed by atoms with Gasteiger partial charge in [0.25, 0.3) is 0 Å². The van der Waals surface area contributed by atoms with Crippen molar-refractivity contribution in [3.8, 4) is 16.9 Å². The van der Waals surface area contributed by atoms with Gasteiger partial charge in [-0.1, -0.05) is 25.1 Å². The molecule has 1 aliphatic heterocycles. The summed E-state index contributed by atoms with van der Waals surface area (Å²) in [6.45, 7) is 5.40. The summed E-state index contributed by atoms with van der Waals surface area (Å²) < 4.78 is 48.4. The van der Waals surface area contributed by atoms with Gasteiger partial charge in [0.2, 0.25) is 10.0 Å². The van der Waals surface area contributed by atoms with E-state index in [1.54, 1.807) is 37.3 Å². The molecule has 0 radical (unpaired) electrons. The number of halogens is 1. The lowest BCUT2D eigenvalue weighted by atomic mass is 10.0. The fourth-order valence-corrected chi connectivity index (χ4v) is 6.21. The molecule has 0 saturated heterocycles. The van der Waals surface area contributed by atoms with Crippen LogP contribution in [-0.4, -0.2) is 68.2 Å². The summed E-state index contributed by atoms with van der Waals surface area (Å²) in [5, 5.41) is 9.77. The molecule has 1 saturated carbocycles. The van der Waals surface area contributed by atoms with Gasteiger partial charge in [0.05, 0.1) is 6.61 Å². The highest BCUT2D eigenvalue weighted by Gasteiger charge is 2.38. The number of benzene rings is 2.